The van der Waals surface area contributed by atoms with Crippen LogP contribution in [0.3, 0.4) is 0 Å². The predicted molar refractivity (Wildman–Crippen MR) is 48.1 cm³/mol. The molecule has 0 heterocycles. The van der Waals surface area contributed by atoms with E-state index < -0.39 is 12.7 Å². The van der Waals surface area contributed by atoms with Crippen LogP contribution in [0.5, 0.6) is 5.75 Å². The first-order valence-electron chi connectivity index (χ1n) is 3.34. The molecule has 10 heteroatoms. The summed E-state index contributed by atoms with van der Waals surface area (Å²) in [7, 11) is -5.10. The molecule has 0 aliphatic rings. The summed E-state index contributed by atoms with van der Waals surface area (Å²) in [5.74, 6) is -0.246. The Morgan fingerprint density at radius 2 is 1.53 bits per heavy atom. The first-order chi connectivity index (χ1) is 6.38. The van der Waals surface area contributed by atoms with Gasteiger partial charge in [-0.3, -0.25) is 10.1 Å². The van der Waals surface area contributed by atoms with E-state index in [1.54, 1.807) is 0 Å². The number of nitro benzene ring substituents is 1. The van der Waals surface area contributed by atoms with Gasteiger partial charge in [0.1, 0.15) is 13.6 Å². The fourth-order valence-corrected chi connectivity index (χ4v) is 1.14. The number of nitro groups is 1. The van der Waals surface area contributed by atoms with Gasteiger partial charge in [0.25, 0.3) is 5.69 Å². The summed E-state index contributed by atoms with van der Waals surface area (Å²) in [4.78, 5) is 29.8. The van der Waals surface area contributed by atoms with Gasteiger partial charge in [0.05, 0.1) is 4.92 Å². The van der Waals surface area contributed by atoms with Crippen molar-refractivity contribution in [3.8, 4) is 5.75 Å². The zero-order chi connectivity index (χ0) is 10.8. The Labute approximate surface area is 143 Å². The second kappa shape index (κ2) is 9.49. The summed E-state index contributed by atoms with van der Waals surface area (Å²) < 4.78 is 14.1. The minimum Gasteiger partial charge on any atom is -0.780 e. The molecule has 0 aliphatic carbocycles. The van der Waals surface area contributed by atoms with Crippen molar-refractivity contribution in [3.05, 3.63) is 34.4 Å². The van der Waals surface area contributed by atoms with E-state index in [0.717, 1.165) is 24.3 Å². The molecule has 1 rings (SSSR count). The summed E-state index contributed by atoms with van der Waals surface area (Å²) >= 11 is 0. The molecule has 0 aliphatic heterocycles. The van der Waals surface area contributed by atoms with Crippen LogP contribution in [0.4, 0.5) is 5.69 Å². The van der Waals surface area contributed by atoms with Gasteiger partial charge >= 0.3 is 59.1 Å². The zero-order valence-corrected chi connectivity index (χ0v) is 13.5. The van der Waals surface area contributed by atoms with Gasteiger partial charge in [0, 0.05) is 12.1 Å². The average molecular weight is 279 g/mol. The molecule has 7 nitrogen and oxygen atoms in total. The Balaban J connectivity index is -0.000000653. The number of non-ortho nitro benzene ring substituents is 1. The first kappa shape index (κ1) is 22.7. The third kappa shape index (κ3) is 9.18. The van der Waals surface area contributed by atoms with Gasteiger partial charge in [-0.1, -0.05) is 7.43 Å². The molecule has 0 saturated heterocycles. The van der Waals surface area contributed by atoms with Crippen LogP contribution in [0.1, 0.15) is 7.43 Å². The van der Waals surface area contributed by atoms with Gasteiger partial charge in [0.2, 0.25) is 0 Å². The molecule has 0 unspecified atom stereocenters. The molecule has 0 aromatic heterocycles. The molecule has 0 atom stereocenters. The standard InChI is InChI=1S/C6H6NO6P.CH4.2Na/c8-7(9)5-1-3-6(4-2-5)13-14(10,11)12;;;/h1-4H,(H2,10,11,12);1H4;;/q;;2*+1/p-2. The summed E-state index contributed by atoms with van der Waals surface area (Å²) in [5.41, 5.74) is -0.219. The van der Waals surface area contributed by atoms with Gasteiger partial charge in [0.15, 0.2) is 0 Å². The maximum absolute atomic E-state index is 10.2. The van der Waals surface area contributed by atoms with E-state index in [1.165, 1.54) is 0 Å². The normalized spacial score (nSPS) is 9.06. The summed E-state index contributed by atoms with van der Waals surface area (Å²) in [6, 6.07) is 4.12. The van der Waals surface area contributed by atoms with Crippen molar-refractivity contribution in [2.45, 2.75) is 7.43 Å². The van der Waals surface area contributed by atoms with Crippen LogP contribution in [0.25, 0.3) is 0 Å². The minimum absolute atomic E-state index is 0. The second-order valence-corrected chi connectivity index (χ2v) is 3.37. The van der Waals surface area contributed by atoms with E-state index in [2.05, 4.69) is 4.52 Å². The van der Waals surface area contributed by atoms with Crippen LogP contribution >= 0.6 is 7.82 Å². The molecule has 1 aromatic rings. The Bertz CT molecular complexity index is 392. The molecular formula is C7H8NNa2O6P. The molecule has 0 spiro atoms. The molecule has 0 bridgehead atoms. The quantitative estimate of drug-likeness (QED) is 0.236. The van der Waals surface area contributed by atoms with Crippen molar-refractivity contribution in [1.82, 2.24) is 0 Å². The van der Waals surface area contributed by atoms with Gasteiger partial charge < -0.3 is 18.9 Å². The van der Waals surface area contributed by atoms with Crippen LogP contribution in [-0.2, 0) is 4.57 Å². The smallest absolute Gasteiger partial charge is 0.780 e. The van der Waals surface area contributed by atoms with Crippen LogP contribution in [0, 0.1) is 10.1 Å². The molecule has 0 radical (unpaired) electrons. The summed E-state index contributed by atoms with van der Waals surface area (Å²) in [6.45, 7) is 0. The topological polar surface area (TPSA) is 116 Å². The fraction of sp³-hybridized carbons (Fsp3) is 0.143. The maximum atomic E-state index is 10.2. The van der Waals surface area contributed by atoms with Crippen molar-refractivity contribution in [2.24, 2.45) is 0 Å². The predicted octanol–water partition coefficient (Wildman–Crippen LogP) is -5.55. The van der Waals surface area contributed by atoms with E-state index in [9.17, 15) is 24.5 Å². The second-order valence-electron chi connectivity index (χ2n) is 2.29. The number of phosphoric ester groups is 1. The number of phosphoric acid groups is 1. The van der Waals surface area contributed by atoms with E-state index in [1.807, 2.05) is 0 Å². The average Bonchev–Trinajstić information content (AvgIpc) is 2.02. The van der Waals surface area contributed by atoms with Crippen molar-refractivity contribution in [1.29, 1.82) is 0 Å². The summed E-state index contributed by atoms with van der Waals surface area (Å²) in [5, 5.41) is 10.2. The minimum atomic E-state index is -5.10. The van der Waals surface area contributed by atoms with Crippen LogP contribution < -0.4 is 73.4 Å². The Hall–Kier alpha value is 0.570. The van der Waals surface area contributed by atoms with E-state index >= 15 is 0 Å². The third-order valence-electron chi connectivity index (χ3n) is 1.26. The number of hydrogen-bond donors (Lipinski definition) is 0. The van der Waals surface area contributed by atoms with Gasteiger partial charge in [-0.25, -0.2) is 0 Å². The zero-order valence-electron chi connectivity index (χ0n) is 8.65. The van der Waals surface area contributed by atoms with Crippen molar-refractivity contribution in [3.63, 3.8) is 0 Å². The number of hydrogen-bond acceptors (Lipinski definition) is 6. The van der Waals surface area contributed by atoms with Crippen LogP contribution in [0.2, 0.25) is 0 Å². The van der Waals surface area contributed by atoms with Gasteiger partial charge in [-0.15, -0.1) is 0 Å². The largest absolute Gasteiger partial charge is 1.00 e. The molecule has 84 valence electrons. The van der Waals surface area contributed by atoms with E-state index in [0.29, 0.717) is 0 Å². The Kier molecular flexibility index (Phi) is 12.7. The van der Waals surface area contributed by atoms with Crippen LogP contribution in [0.15, 0.2) is 24.3 Å². The molecule has 17 heavy (non-hydrogen) atoms. The van der Waals surface area contributed by atoms with Gasteiger partial charge in [-0.05, 0) is 12.1 Å². The van der Waals surface area contributed by atoms with E-state index in [4.69, 9.17) is 0 Å². The Morgan fingerprint density at radius 1 is 1.12 bits per heavy atom. The maximum Gasteiger partial charge on any atom is 1.00 e. The molecule has 0 amide bonds. The monoisotopic (exact) mass is 279 g/mol. The van der Waals surface area contributed by atoms with Crippen molar-refractivity contribution >= 4 is 13.5 Å². The summed E-state index contributed by atoms with van der Waals surface area (Å²) in [6.07, 6.45) is 0. The Morgan fingerprint density at radius 3 is 1.82 bits per heavy atom. The van der Waals surface area contributed by atoms with Gasteiger partial charge in [-0.2, -0.15) is 0 Å². The van der Waals surface area contributed by atoms with Crippen LogP contribution in [-0.4, -0.2) is 4.92 Å². The fourth-order valence-electron chi connectivity index (χ4n) is 0.758. The number of rotatable bonds is 3. The third-order valence-corrected chi connectivity index (χ3v) is 1.70. The van der Waals surface area contributed by atoms with Crippen molar-refractivity contribution < 1.29 is 82.9 Å². The molecule has 1 aromatic carbocycles. The first-order valence-corrected chi connectivity index (χ1v) is 4.81. The molecular weight excluding hydrogens is 271 g/mol. The van der Waals surface area contributed by atoms with Crippen molar-refractivity contribution in [2.75, 3.05) is 0 Å². The number of benzene rings is 1. The van der Waals surface area contributed by atoms with E-state index in [-0.39, 0.29) is 78.0 Å². The molecule has 0 fully saturated rings. The SMILES string of the molecule is C.O=[N+]([O-])c1ccc(OP(=O)([O-])[O-])cc1.[Na+].[Na+]. The molecule has 0 N–H and O–H groups in total. The number of nitrogens with zero attached hydrogens (tertiary/aromatic N) is 1. The molecule has 0 saturated carbocycles.